The molecular weight excluding hydrogens is 520 g/mol. The molecule has 0 spiro atoms. The Labute approximate surface area is 229 Å². The lowest BCUT2D eigenvalue weighted by atomic mass is 10.2. The molecule has 1 aliphatic rings. The van der Waals surface area contributed by atoms with Crippen LogP contribution in [0.5, 0.6) is 0 Å². The van der Waals surface area contributed by atoms with Crippen molar-refractivity contribution < 1.29 is 14.3 Å². The van der Waals surface area contributed by atoms with Gasteiger partial charge >= 0.3 is 6.09 Å². The fraction of sp³-hybridized carbons (Fsp3) is 0.370. The van der Waals surface area contributed by atoms with Gasteiger partial charge in [-0.15, -0.1) is 22.7 Å². The molecule has 2 amide bonds. The van der Waals surface area contributed by atoms with Crippen LogP contribution in [0, 0.1) is 0 Å². The first kappa shape index (κ1) is 26.1. The number of hydrogen-bond donors (Lipinski definition) is 1. The number of nitrogens with one attached hydrogen (secondary N) is 1. The van der Waals surface area contributed by atoms with Gasteiger partial charge in [-0.2, -0.15) is 0 Å². The lowest BCUT2D eigenvalue weighted by molar-refractivity contribution is -0.133. The van der Waals surface area contributed by atoms with Gasteiger partial charge in [-0.05, 0) is 56.7 Å². The number of ether oxygens (including phenoxy) is 1. The lowest BCUT2D eigenvalue weighted by Crippen LogP contribution is -2.54. The standard InChI is InChI=1S/C27H30N6O3S2/c1-17(29-26(35)36-27(2,3)4)25(34)33-11-9-32(10-12-33)18-15-19-24(28-16-18)31-23(21-8-6-14-38-21)22(30-19)20-7-5-13-37-20/h5-8,13-17H,9-12H2,1-4H3,(H,29,35). The van der Waals surface area contributed by atoms with E-state index in [2.05, 4.69) is 27.3 Å². The van der Waals surface area contributed by atoms with Crippen LogP contribution in [0.1, 0.15) is 27.7 Å². The normalized spacial score (nSPS) is 14.9. The van der Waals surface area contributed by atoms with Crippen LogP contribution in [-0.2, 0) is 9.53 Å². The van der Waals surface area contributed by atoms with E-state index in [1.165, 1.54) is 0 Å². The molecule has 9 nitrogen and oxygen atoms in total. The van der Waals surface area contributed by atoms with Gasteiger partial charge in [-0.3, -0.25) is 4.79 Å². The van der Waals surface area contributed by atoms with E-state index < -0.39 is 17.7 Å². The van der Waals surface area contributed by atoms with Crippen LogP contribution in [0.4, 0.5) is 10.5 Å². The van der Waals surface area contributed by atoms with Gasteiger partial charge in [0.25, 0.3) is 0 Å². The van der Waals surface area contributed by atoms with Gasteiger partial charge in [0.05, 0.1) is 21.6 Å². The van der Waals surface area contributed by atoms with E-state index in [1.807, 2.05) is 35.2 Å². The van der Waals surface area contributed by atoms with Crippen molar-refractivity contribution in [3.8, 4) is 21.1 Å². The molecule has 4 aromatic rings. The van der Waals surface area contributed by atoms with Crippen LogP contribution in [-0.4, -0.2) is 69.7 Å². The maximum absolute atomic E-state index is 12.9. The first-order valence-corrected chi connectivity index (χ1v) is 14.2. The van der Waals surface area contributed by atoms with Crippen LogP contribution in [0.2, 0.25) is 0 Å². The summed E-state index contributed by atoms with van der Waals surface area (Å²) in [5.41, 5.74) is 3.37. The van der Waals surface area contributed by atoms with Crippen LogP contribution in [0.15, 0.2) is 47.3 Å². The second-order valence-electron chi connectivity index (χ2n) is 10.1. The number of carbonyl (C=O) groups is 2. The number of alkyl carbamates (subject to hydrolysis) is 1. The number of hydrogen-bond acceptors (Lipinski definition) is 9. The molecule has 0 saturated carbocycles. The largest absolute Gasteiger partial charge is 0.444 e. The molecule has 38 heavy (non-hydrogen) atoms. The van der Waals surface area contributed by atoms with Crippen molar-refractivity contribution in [2.45, 2.75) is 39.3 Å². The van der Waals surface area contributed by atoms with E-state index in [0.29, 0.717) is 31.8 Å². The van der Waals surface area contributed by atoms with Crippen molar-refractivity contribution >= 4 is 51.5 Å². The van der Waals surface area contributed by atoms with Gasteiger partial charge in [0, 0.05) is 26.2 Å². The monoisotopic (exact) mass is 550 g/mol. The number of pyridine rings is 1. The van der Waals surface area contributed by atoms with E-state index >= 15 is 0 Å². The van der Waals surface area contributed by atoms with Crippen LogP contribution < -0.4 is 10.2 Å². The van der Waals surface area contributed by atoms with Gasteiger partial charge in [-0.1, -0.05) is 12.1 Å². The second kappa shape index (κ2) is 10.7. The minimum Gasteiger partial charge on any atom is -0.444 e. The maximum atomic E-state index is 12.9. The summed E-state index contributed by atoms with van der Waals surface area (Å²) in [4.78, 5) is 45.6. The van der Waals surface area contributed by atoms with Crippen molar-refractivity contribution in [2.24, 2.45) is 0 Å². The zero-order chi connectivity index (χ0) is 26.9. The molecule has 198 valence electrons. The minimum absolute atomic E-state index is 0.125. The van der Waals surface area contributed by atoms with E-state index in [4.69, 9.17) is 14.7 Å². The highest BCUT2D eigenvalue weighted by Crippen LogP contribution is 2.35. The molecule has 1 fully saturated rings. The molecule has 1 unspecified atom stereocenters. The minimum atomic E-state index is -0.665. The molecule has 5 heterocycles. The summed E-state index contributed by atoms with van der Waals surface area (Å²) in [6.45, 7) is 9.43. The molecule has 0 radical (unpaired) electrons. The summed E-state index contributed by atoms with van der Waals surface area (Å²) in [5, 5.41) is 6.72. The van der Waals surface area contributed by atoms with Crippen LogP contribution >= 0.6 is 22.7 Å². The van der Waals surface area contributed by atoms with E-state index in [9.17, 15) is 9.59 Å². The molecular formula is C27H30N6O3S2. The highest BCUT2D eigenvalue weighted by molar-refractivity contribution is 7.14. The Morgan fingerprint density at radius 3 is 2.21 bits per heavy atom. The van der Waals surface area contributed by atoms with Crippen molar-refractivity contribution in [3.05, 3.63) is 47.3 Å². The molecule has 5 rings (SSSR count). The van der Waals surface area contributed by atoms with Crippen molar-refractivity contribution in [1.29, 1.82) is 0 Å². The molecule has 1 N–H and O–H groups in total. The number of piperazine rings is 1. The first-order valence-electron chi connectivity index (χ1n) is 12.5. The molecule has 0 aliphatic carbocycles. The number of amides is 2. The van der Waals surface area contributed by atoms with E-state index in [0.717, 1.165) is 32.3 Å². The first-order chi connectivity index (χ1) is 18.2. The van der Waals surface area contributed by atoms with Crippen LogP contribution in [0.25, 0.3) is 32.3 Å². The predicted octanol–water partition coefficient (Wildman–Crippen LogP) is 5.04. The number of aromatic nitrogens is 3. The Hall–Kier alpha value is -3.57. The third-order valence-electron chi connectivity index (χ3n) is 6.08. The van der Waals surface area contributed by atoms with Crippen molar-refractivity contribution in [1.82, 2.24) is 25.2 Å². The summed E-state index contributed by atoms with van der Waals surface area (Å²) in [7, 11) is 0. The second-order valence-corrected chi connectivity index (χ2v) is 12.0. The predicted molar refractivity (Wildman–Crippen MR) is 152 cm³/mol. The Kier molecular flexibility index (Phi) is 7.31. The fourth-order valence-corrected chi connectivity index (χ4v) is 5.71. The van der Waals surface area contributed by atoms with Crippen molar-refractivity contribution in [2.75, 3.05) is 31.1 Å². The smallest absolute Gasteiger partial charge is 0.408 e. The third kappa shape index (κ3) is 5.78. The zero-order valence-electron chi connectivity index (χ0n) is 21.8. The Balaban J connectivity index is 1.30. The number of rotatable bonds is 5. The summed E-state index contributed by atoms with van der Waals surface area (Å²) >= 11 is 3.27. The summed E-state index contributed by atoms with van der Waals surface area (Å²) < 4.78 is 5.27. The molecule has 1 atom stereocenters. The average molecular weight is 551 g/mol. The van der Waals surface area contributed by atoms with Gasteiger partial charge in [-0.25, -0.2) is 19.7 Å². The van der Waals surface area contributed by atoms with E-state index in [1.54, 1.807) is 55.3 Å². The van der Waals surface area contributed by atoms with E-state index in [-0.39, 0.29) is 5.91 Å². The Morgan fingerprint density at radius 2 is 1.63 bits per heavy atom. The van der Waals surface area contributed by atoms with Crippen molar-refractivity contribution in [3.63, 3.8) is 0 Å². The maximum Gasteiger partial charge on any atom is 0.408 e. The van der Waals surface area contributed by atoms with Crippen LogP contribution in [0.3, 0.4) is 0 Å². The molecule has 1 saturated heterocycles. The Bertz CT molecular complexity index is 1430. The molecule has 1 aliphatic heterocycles. The number of thiophene rings is 2. The molecule has 11 heteroatoms. The third-order valence-corrected chi connectivity index (χ3v) is 7.83. The highest BCUT2D eigenvalue weighted by atomic mass is 32.1. The van der Waals surface area contributed by atoms with Gasteiger partial charge in [0.2, 0.25) is 5.91 Å². The quantitative estimate of drug-likeness (QED) is 0.371. The molecule has 4 aromatic heterocycles. The lowest BCUT2D eigenvalue weighted by Gasteiger charge is -2.37. The number of fused-ring (bicyclic) bond motifs is 1. The van der Waals surface area contributed by atoms with Gasteiger partial charge in [0.15, 0.2) is 5.65 Å². The Morgan fingerprint density at radius 1 is 1.00 bits per heavy atom. The average Bonchev–Trinajstić information content (AvgIpc) is 3.61. The highest BCUT2D eigenvalue weighted by Gasteiger charge is 2.28. The fourth-order valence-electron chi connectivity index (χ4n) is 4.28. The van der Waals surface area contributed by atoms with Gasteiger partial charge < -0.3 is 19.9 Å². The van der Waals surface area contributed by atoms with Gasteiger partial charge in [0.1, 0.15) is 28.5 Å². The molecule has 0 aromatic carbocycles. The summed E-state index contributed by atoms with van der Waals surface area (Å²) in [5.74, 6) is -0.125. The topological polar surface area (TPSA) is 101 Å². The number of anilines is 1. The zero-order valence-corrected chi connectivity index (χ0v) is 23.4. The number of carbonyl (C=O) groups excluding carboxylic acids is 2. The SMILES string of the molecule is CC(NC(=O)OC(C)(C)C)C(=O)N1CCN(c2cnc3nc(-c4cccs4)c(-c4cccs4)nc3c2)CC1. The summed E-state index contributed by atoms with van der Waals surface area (Å²) in [6.07, 6.45) is 1.23. The summed E-state index contributed by atoms with van der Waals surface area (Å²) in [6, 6.07) is 9.50. The molecule has 0 bridgehead atoms. The number of nitrogens with zero attached hydrogens (tertiary/aromatic N) is 5.